The zero-order valence-corrected chi connectivity index (χ0v) is 21.3. The molecule has 37 heavy (non-hydrogen) atoms. The van der Waals surface area contributed by atoms with Crippen molar-refractivity contribution in [2.45, 2.75) is 32.1 Å². The largest absolute Gasteiger partial charge is 0.466 e. The fourth-order valence-corrected chi connectivity index (χ4v) is 4.19. The first-order valence-electron chi connectivity index (χ1n) is 12.3. The molecular formula is C31H35N2O4. The average Bonchev–Trinajstić information content (AvgIpc) is 2.90. The number of benzene rings is 3. The third-order valence-corrected chi connectivity index (χ3v) is 6.21. The van der Waals surface area contributed by atoms with Crippen LogP contribution in [0.4, 0.5) is 11.4 Å². The highest BCUT2D eigenvalue weighted by Gasteiger charge is 2.25. The molecule has 193 valence electrons. The van der Waals surface area contributed by atoms with Crippen LogP contribution in [0.5, 0.6) is 0 Å². The minimum absolute atomic E-state index is 0.218. The molecule has 6 nitrogen and oxygen atoms in total. The molecule has 3 aromatic carbocycles. The maximum Gasteiger partial charge on any atom is 0.338 e. The average molecular weight is 500 g/mol. The third-order valence-electron chi connectivity index (χ3n) is 6.21. The van der Waals surface area contributed by atoms with Crippen LogP contribution in [0.25, 0.3) is 6.08 Å². The van der Waals surface area contributed by atoms with Gasteiger partial charge in [-0.3, -0.25) is 0 Å². The van der Waals surface area contributed by atoms with Crippen LogP contribution in [0.3, 0.4) is 0 Å². The van der Waals surface area contributed by atoms with Crippen LogP contribution in [0, 0.1) is 12.3 Å². The van der Waals surface area contributed by atoms with Crippen molar-refractivity contribution >= 4 is 29.4 Å². The van der Waals surface area contributed by atoms with Crippen LogP contribution >= 0.6 is 0 Å². The van der Waals surface area contributed by atoms with Crippen molar-refractivity contribution in [2.24, 2.45) is 5.41 Å². The number of anilines is 2. The number of carbonyl (C=O) groups is 2. The van der Waals surface area contributed by atoms with Crippen LogP contribution < -0.4 is 11.5 Å². The molecule has 0 aliphatic heterocycles. The number of nitrogens with two attached hydrogens (primary N) is 2. The van der Waals surface area contributed by atoms with E-state index in [0.717, 1.165) is 49.0 Å². The van der Waals surface area contributed by atoms with E-state index in [1.165, 1.54) is 24.3 Å². The molecule has 6 heteroatoms. The van der Waals surface area contributed by atoms with E-state index in [4.69, 9.17) is 16.2 Å². The van der Waals surface area contributed by atoms with Crippen molar-refractivity contribution in [1.82, 2.24) is 0 Å². The van der Waals surface area contributed by atoms with Crippen molar-refractivity contribution < 1.29 is 19.1 Å². The Balaban J connectivity index is 1.52. The SMILES string of the molecule is [CH2]C(CCCCOC(=O)c1ccc(/C=C/C(=O)OC)cc1)(Cc1ccc(N)cc1)Cc1ccc(N)cc1. The van der Waals surface area contributed by atoms with E-state index >= 15 is 0 Å². The van der Waals surface area contributed by atoms with E-state index in [1.54, 1.807) is 30.3 Å². The van der Waals surface area contributed by atoms with Gasteiger partial charge in [0.05, 0.1) is 19.3 Å². The van der Waals surface area contributed by atoms with E-state index in [1.807, 2.05) is 24.3 Å². The second kappa shape index (κ2) is 13.3. The summed E-state index contributed by atoms with van der Waals surface area (Å²) in [6.07, 6.45) is 7.07. The topological polar surface area (TPSA) is 105 Å². The first kappa shape index (κ1) is 27.5. The summed E-state index contributed by atoms with van der Waals surface area (Å²) >= 11 is 0. The van der Waals surface area contributed by atoms with E-state index in [2.05, 4.69) is 35.9 Å². The number of unbranched alkanes of at least 4 members (excludes halogenated alkanes) is 1. The monoisotopic (exact) mass is 499 g/mol. The maximum absolute atomic E-state index is 12.4. The van der Waals surface area contributed by atoms with Crippen molar-refractivity contribution in [2.75, 3.05) is 25.2 Å². The molecule has 0 saturated heterocycles. The Morgan fingerprint density at radius 1 is 0.838 bits per heavy atom. The van der Waals surface area contributed by atoms with Crippen LogP contribution in [0.1, 0.15) is 46.3 Å². The van der Waals surface area contributed by atoms with Gasteiger partial charge in [0, 0.05) is 17.5 Å². The van der Waals surface area contributed by atoms with Crippen LogP contribution in [0.15, 0.2) is 78.9 Å². The molecule has 0 saturated carbocycles. The van der Waals surface area contributed by atoms with Gasteiger partial charge in [-0.15, -0.1) is 0 Å². The summed E-state index contributed by atoms with van der Waals surface area (Å²) in [7, 11) is 1.32. The number of rotatable bonds is 12. The number of ether oxygens (including phenoxy) is 2. The Kier molecular flexibility index (Phi) is 9.90. The molecule has 0 spiro atoms. The summed E-state index contributed by atoms with van der Waals surface area (Å²) in [5.74, 6) is -0.801. The second-order valence-electron chi connectivity index (χ2n) is 9.41. The van der Waals surface area contributed by atoms with Gasteiger partial charge in [-0.2, -0.15) is 0 Å². The molecule has 0 unspecified atom stereocenters. The Labute approximate surface area is 219 Å². The van der Waals surface area contributed by atoms with Gasteiger partial charge < -0.3 is 20.9 Å². The number of carbonyl (C=O) groups excluding carboxylic acids is 2. The molecule has 0 atom stereocenters. The maximum atomic E-state index is 12.4. The highest BCUT2D eigenvalue weighted by atomic mass is 16.5. The summed E-state index contributed by atoms with van der Waals surface area (Å²) in [6.45, 7) is 4.96. The van der Waals surface area contributed by atoms with Gasteiger partial charge in [-0.05, 0) is 104 Å². The molecule has 0 aromatic heterocycles. The predicted molar refractivity (Wildman–Crippen MR) is 149 cm³/mol. The minimum Gasteiger partial charge on any atom is -0.466 e. The Morgan fingerprint density at radius 2 is 1.38 bits per heavy atom. The summed E-state index contributed by atoms with van der Waals surface area (Å²) in [4.78, 5) is 23.6. The van der Waals surface area contributed by atoms with Crippen molar-refractivity contribution in [3.63, 3.8) is 0 Å². The quantitative estimate of drug-likeness (QED) is 0.144. The Morgan fingerprint density at radius 3 is 1.89 bits per heavy atom. The van der Waals surface area contributed by atoms with Gasteiger partial charge in [0.25, 0.3) is 0 Å². The molecule has 0 bridgehead atoms. The molecule has 0 heterocycles. The van der Waals surface area contributed by atoms with Gasteiger partial charge in [0.1, 0.15) is 0 Å². The molecule has 0 aliphatic carbocycles. The predicted octanol–water partition coefficient (Wildman–Crippen LogP) is 5.67. The Bertz CT molecular complexity index is 1140. The highest BCUT2D eigenvalue weighted by Crippen LogP contribution is 2.33. The lowest BCUT2D eigenvalue weighted by Crippen LogP contribution is -2.23. The van der Waals surface area contributed by atoms with Gasteiger partial charge in [-0.25, -0.2) is 9.59 Å². The standard InChI is InChI=1S/C31H35N2O4/c1-31(21-24-7-14-27(32)15-8-24,22-25-9-16-28(33)17-10-25)19-3-4-20-37-30(35)26-12-5-23(6-13-26)11-18-29(34)36-2/h5-18H,1,3-4,19-22,32-33H2,2H3/b18-11+. The van der Waals surface area contributed by atoms with Gasteiger partial charge >= 0.3 is 11.9 Å². The molecular weight excluding hydrogens is 464 g/mol. The van der Waals surface area contributed by atoms with Gasteiger partial charge in [-0.1, -0.05) is 36.4 Å². The molecule has 3 rings (SSSR count). The molecule has 4 N–H and O–H groups in total. The Hall–Kier alpha value is -4.06. The second-order valence-corrected chi connectivity index (χ2v) is 9.41. The lowest BCUT2D eigenvalue weighted by atomic mass is 9.74. The van der Waals surface area contributed by atoms with Crippen LogP contribution in [0.2, 0.25) is 0 Å². The highest BCUT2D eigenvalue weighted by molar-refractivity contribution is 5.90. The smallest absolute Gasteiger partial charge is 0.338 e. The number of hydrogen-bond acceptors (Lipinski definition) is 6. The summed E-state index contributed by atoms with van der Waals surface area (Å²) in [5.41, 5.74) is 16.6. The molecule has 0 aliphatic rings. The fraction of sp³-hybridized carbons (Fsp3) is 0.258. The van der Waals surface area contributed by atoms with Crippen LogP contribution in [-0.2, 0) is 27.1 Å². The van der Waals surface area contributed by atoms with E-state index < -0.39 is 5.97 Å². The van der Waals surface area contributed by atoms with Crippen molar-refractivity contribution in [1.29, 1.82) is 0 Å². The number of methoxy groups -OCH3 is 1. The minimum atomic E-state index is -0.434. The van der Waals surface area contributed by atoms with E-state index in [9.17, 15) is 9.59 Å². The zero-order chi connectivity index (χ0) is 26.7. The first-order valence-corrected chi connectivity index (χ1v) is 12.3. The number of nitrogen functional groups attached to an aromatic ring is 2. The summed E-state index contributed by atoms with van der Waals surface area (Å²) in [6, 6.07) is 22.7. The molecule has 3 aromatic rings. The number of hydrogen-bond donors (Lipinski definition) is 2. The van der Waals surface area contributed by atoms with Crippen LogP contribution in [-0.4, -0.2) is 25.7 Å². The first-order chi connectivity index (χ1) is 17.8. The summed E-state index contributed by atoms with van der Waals surface area (Å²) < 4.78 is 10.1. The lowest BCUT2D eigenvalue weighted by Gasteiger charge is -2.30. The molecule has 0 fully saturated rings. The van der Waals surface area contributed by atoms with Gasteiger partial charge in [0.2, 0.25) is 0 Å². The van der Waals surface area contributed by atoms with Crippen molar-refractivity contribution in [3.05, 3.63) is 108 Å². The van der Waals surface area contributed by atoms with E-state index in [0.29, 0.717) is 12.2 Å². The zero-order valence-electron chi connectivity index (χ0n) is 21.3. The summed E-state index contributed by atoms with van der Waals surface area (Å²) in [5, 5.41) is 0. The van der Waals surface area contributed by atoms with E-state index in [-0.39, 0.29) is 11.4 Å². The van der Waals surface area contributed by atoms with Gasteiger partial charge in [0.15, 0.2) is 0 Å². The fourth-order valence-electron chi connectivity index (χ4n) is 4.19. The normalized spacial score (nSPS) is 11.4. The lowest BCUT2D eigenvalue weighted by molar-refractivity contribution is -0.134. The van der Waals surface area contributed by atoms with Crippen molar-refractivity contribution in [3.8, 4) is 0 Å². The molecule has 0 amide bonds. The molecule has 1 radical (unpaired) electrons. The third kappa shape index (κ3) is 9.15. The number of esters is 2.